The Labute approximate surface area is 99.8 Å². The van der Waals surface area contributed by atoms with E-state index < -0.39 is 0 Å². The van der Waals surface area contributed by atoms with E-state index in [0.717, 1.165) is 31.4 Å². The van der Waals surface area contributed by atoms with Crippen molar-refractivity contribution in [2.45, 2.75) is 0 Å². The predicted molar refractivity (Wildman–Crippen MR) is 66.4 cm³/mol. The van der Waals surface area contributed by atoms with Crippen LogP contribution in [0, 0.1) is 0 Å². The first-order chi connectivity index (χ1) is 7.24. The van der Waals surface area contributed by atoms with Gasteiger partial charge in [-0.05, 0) is 45.6 Å². The van der Waals surface area contributed by atoms with Gasteiger partial charge in [-0.2, -0.15) is 0 Å². The van der Waals surface area contributed by atoms with Crippen LogP contribution in [-0.4, -0.2) is 0 Å². The lowest BCUT2D eigenvalue weighted by atomic mass is 10.1. The van der Waals surface area contributed by atoms with Gasteiger partial charge in [0.25, 0.3) is 0 Å². The van der Waals surface area contributed by atoms with Crippen LogP contribution in [0.1, 0.15) is 0 Å². The Morgan fingerprint density at radius 3 is 2.67 bits per heavy atom. The van der Waals surface area contributed by atoms with Crippen molar-refractivity contribution in [1.82, 2.24) is 0 Å². The molecule has 74 valence electrons. The van der Waals surface area contributed by atoms with Gasteiger partial charge in [0.15, 0.2) is 4.67 Å². The van der Waals surface area contributed by atoms with Crippen LogP contribution in [0.4, 0.5) is 0 Å². The summed E-state index contributed by atoms with van der Waals surface area (Å²) in [6.45, 7) is 0. The lowest BCUT2D eigenvalue weighted by Gasteiger charge is -1.98. The highest BCUT2D eigenvalue weighted by molar-refractivity contribution is 9.10. The summed E-state index contributed by atoms with van der Waals surface area (Å²) in [5, 5.41) is 4.02. The van der Waals surface area contributed by atoms with Crippen LogP contribution in [0.15, 0.2) is 45.5 Å². The van der Waals surface area contributed by atoms with Gasteiger partial charge in [-0.25, -0.2) is 0 Å². The average molecular weight is 282 g/mol. The average Bonchev–Trinajstić information content (AvgIpc) is 2.58. The molecule has 1 aromatic heterocycles. The third kappa shape index (κ3) is 1.45. The second-order valence-electron chi connectivity index (χ2n) is 3.40. The molecule has 0 unspecified atom stereocenters. The molecule has 0 aliphatic rings. The third-order valence-corrected chi connectivity index (χ3v) is 3.06. The molecule has 0 amide bonds. The van der Waals surface area contributed by atoms with Gasteiger partial charge < -0.3 is 4.42 Å². The molecular weight excluding hydrogens is 275 g/mol. The van der Waals surface area contributed by atoms with Crippen molar-refractivity contribution < 1.29 is 4.42 Å². The SMILES string of the molecule is Clc1ccc2c(ccc3cc(Br)oc32)c1. The van der Waals surface area contributed by atoms with Crippen LogP contribution in [0.3, 0.4) is 0 Å². The highest BCUT2D eigenvalue weighted by Crippen LogP contribution is 2.31. The Bertz CT molecular complexity index is 657. The molecule has 0 saturated carbocycles. The topological polar surface area (TPSA) is 13.1 Å². The van der Waals surface area contributed by atoms with Gasteiger partial charge >= 0.3 is 0 Å². The maximum atomic E-state index is 5.94. The van der Waals surface area contributed by atoms with Crippen LogP contribution >= 0.6 is 27.5 Å². The van der Waals surface area contributed by atoms with Gasteiger partial charge in [0.2, 0.25) is 0 Å². The molecule has 0 bridgehead atoms. The van der Waals surface area contributed by atoms with E-state index in [1.165, 1.54) is 0 Å². The van der Waals surface area contributed by atoms with E-state index in [9.17, 15) is 0 Å². The summed E-state index contributed by atoms with van der Waals surface area (Å²) in [6.07, 6.45) is 0. The summed E-state index contributed by atoms with van der Waals surface area (Å²) < 4.78 is 6.34. The molecule has 0 fully saturated rings. The second kappa shape index (κ2) is 3.26. The van der Waals surface area contributed by atoms with Crippen molar-refractivity contribution in [2.75, 3.05) is 0 Å². The zero-order valence-corrected chi connectivity index (χ0v) is 9.97. The van der Waals surface area contributed by atoms with Gasteiger partial charge in [-0.15, -0.1) is 0 Å². The lowest BCUT2D eigenvalue weighted by Crippen LogP contribution is -1.73. The molecule has 0 atom stereocenters. The Kier molecular flexibility index (Phi) is 2.01. The molecule has 3 rings (SSSR count). The minimum absolute atomic E-state index is 0.743. The zero-order chi connectivity index (χ0) is 10.4. The Balaban J connectivity index is 2.53. The monoisotopic (exact) mass is 280 g/mol. The van der Waals surface area contributed by atoms with Gasteiger partial charge in [0, 0.05) is 15.8 Å². The van der Waals surface area contributed by atoms with Gasteiger partial charge in [0.05, 0.1) is 0 Å². The number of rotatable bonds is 0. The third-order valence-electron chi connectivity index (χ3n) is 2.43. The number of hydrogen-bond donors (Lipinski definition) is 0. The van der Waals surface area contributed by atoms with Crippen LogP contribution in [0.2, 0.25) is 5.02 Å². The molecule has 3 heteroatoms. The van der Waals surface area contributed by atoms with E-state index in [0.29, 0.717) is 0 Å². The number of hydrogen-bond acceptors (Lipinski definition) is 1. The van der Waals surface area contributed by atoms with E-state index in [-0.39, 0.29) is 0 Å². The largest absolute Gasteiger partial charge is 0.449 e. The summed E-state index contributed by atoms with van der Waals surface area (Å²) in [5.74, 6) is 0. The summed E-state index contributed by atoms with van der Waals surface area (Å²) in [4.78, 5) is 0. The van der Waals surface area contributed by atoms with E-state index in [1.54, 1.807) is 0 Å². The van der Waals surface area contributed by atoms with Gasteiger partial charge in [0.1, 0.15) is 5.58 Å². The van der Waals surface area contributed by atoms with Crippen molar-refractivity contribution >= 4 is 49.3 Å². The highest BCUT2D eigenvalue weighted by Gasteiger charge is 2.05. The molecule has 15 heavy (non-hydrogen) atoms. The van der Waals surface area contributed by atoms with Crippen molar-refractivity contribution in [2.24, 2.45) is 0 Å². The Hall–Kier alpha value is -0.990. The molecule has 0 saturated heterocycles. The van der Waals surface area contributed by atoms with Gasteiger partial charge in [-0.1, -0.05) is 23.7 Å². The molecule has 1 heterocycles. The van der Waals surface area contributed by atoms with Crippen LogP contribution in [0.5, 0.6) is 0 Å². The van der Waals surface area contributed by atoms with Crippen molar-refractivity contribution in [3.63, 3.8) is 0 Å². The maximum absolute atomic E-state index is 5.94. The highest BCUT2D eigenvalue weighted by atomic mass is 79.9. The van der Waals surface area contributed by atoms with Crippen molar-refractivity contribution in [3.05, 3.63) is 46.1 Å². The predicted octanol–water partition coefficient (Wildman–Crippen LogP) is 5.00. The Morgan fingerprint density at radius 2 is 1.80 bits per heavy atom. The number of benzene rings is 2. The maximum Gasteiger partial charge on any atom is 0.170 e. The molecule has 0 radical (unpaired) electrons. The number of halogens is 2. The van der Waals surface area contributed by atoms with Crippen LogP contribution < -0.4 is 0 Å². The van der Waals surface area contributed by atoms with E-state index in [2.05, 4.69) is 15.9 Å². The fourth-order valence-corrected chi connectivity index (χ4v) is 2.35. The number of fused-ring (bicyclic) bond motifs is 3. The van der Waals surface area contributed by atoms with Gasteiger partial charge in [-0.3, -0.25) is 0 Å². The molecule has 0 aliphatic carbocycles. The van der Waals surface area contributed by atoms with Crippen LogP contribution in [-0.2, 0) is 0 Å². The van der Waals surface area contributed by atoms with Crippen molar-refractivity contribution in [1.29, 1.82) is 0 Å². The molecule has 0 spiro atoms. The molecule has 0 aliphatic heterocycles. The molecule has 0 N–H and O–H groups in total. The fraction of sp³-hybridized carbons (Fsp3) is 0. The normalized spacial score (nSPS) is 11.3. The summed E-state index contributed by atoms with van der Waals surface area (Å²) >= 11 is 9.27. The summed E-state index contributed by atoms with van der Waals surface area (Å²) in [5.41, 5.74) is 0.899. The quantitative estimate of drug-likeness (QED) is 0.565. The second-order valence-corrected chi connectivity index (χ2v) is 4.62. The molecule has 3 aromatic rings. The summed E-state index contributed by atoms with van der Waals surface area (Å²) in [6, 6.07) is 11.8. The fourth-order valence-electron chi connectivity index (χ4n) is 1.77. The lowest BCUT2D eigenvalue weighted by molar-refractivity contribution is 0.590. The summed E-state index contributed by atoms with van der Waals surface area (Å²) in [7, 11) is 0. The van der Waals surface area contributed by atoms with Crippen molar-refractivity contribution in [3.8, 4) is 0 Å². The Morgan fingerprint density at radius 1 is 1.00 bits per heavy atom. The molecule has 1 nitrogen and oxygen atoms in total. The van der Waals surface area contributed by atoms with E-state index in [1.807, 2.05) is 36.4 Å². The first-order valence-electron chi connectivity index (χ1n) is 4.51. The van der Waals surface area contributed by atoms with Crippen LogP contribution in [0.25, 0.3) is 21.7 Å². The minimum Gasteiger partial charge on any atom is -0.449 e. The number of furan rings is 1. The van der Waals surface area contributed by atoms with E-state index in [4.69, 9.17) is 16.0 Å². The zero-order valence-electron chi connectivity index (χ0n) is 7.63. The standard InChI is InChI=1S/C12H6BrClO/c13-11-6-8-2-1-7-5-9(14)3-4-10(7)12(8)15-11/h1-6H. The minimum atomic E-state index is 0.743. The molecule has 2 aromatic carbocycles. The first kappa shape index (κ1) is 9.25. The molecular formula is C12H6BrClO. The van der Waals surface area contributed by atoms with E-state index >= 15 is 0 Å². The smallest absolute Gasteiger partial charge is 0.170 e. The first-order valence-corrected chi connectivity index (χ1v) is 5.68.